The molecule has 0 radical (unpaired) electrons. The van der Waals surface area contributed by atoms with Crippen LogP contribution < -0.4 is 9.47 Å². The van der Waals surface area contributed by atoms with Gasteiger partial charge in [0.2, 0.25) is 11.8 Å². The SMILES string of the molecule is CCCCCCCCCCOc1ccc2c(n1)CCc1nc(OCCCCCCC)ccc1-2. The van der Waals surface area contributed by atoms with Crippen molar-refractivity contribution in [2.75, 3.05) is 13.2 Å². The molecule has 33 heavy (non-hydrogen) atoms. The van der Waals surface area contributed by atoms with Crippen molar-refractivity contribution in [1.29, 1.82) is 0 Å². The van der Waals surface area contributed by atoms with E-state index in [4.69, 9.17) is 19.4 Å². The van der Waals surface area contributed by atoms with Crippen molar-refractivity contribution in [3.8, 4) is 22.9 Å². The summed E-state index contributed by atoms with van der Waals surface area (Å²) in [6, 6.07) is 8.32. The minimum Gasteiger partial charge on any atom is -0.478 e. The van der Waals surface area contributed by atoms with Crippen LogP contribution in [0.3, 0.4) is 0 Å². The minimum atomic E-state index is 0.756. The summed E-state index contributed by atoms with van der Waals surface area (Å²) in [4.78, 5) is 9.59. The Labute approximate surface area is 201 Å². The smallest absolute Gasteiger partial charge is 0.213 e. The van der Waals surface area contributed by atoms with Crippen LogP contribution in [0.1, 0.15) is 109 Å². The number of ether oxygens (including phenoxy) is 2. The number of pyridine rings is 2. The Morgan fingerprint density at radius 3 is 1.36 bits per heavy atom. The average Bonchev–Trinajstić information content (AvgIpc) is 2.84. The lowest BCUT2D eigenvalue weighted by molar-refractivity contribution is 0.291. The van der Waals surface area contributed by atoms with Crippen LogP contribution in [-0.2, 0) is 12.8 Å². The van der Waals surface area contributed by atoms with E-state index in [1.54, 1.807) is 0 Å². The molecule has 0 N–H and O–H groups in total. The molecule has 4 nitrogen and oxygen atoms in total. The zero-order valence-corrected chi connectivity index (χ0v) is 21.0. The molecular weight excluding hydrogens is 408 g/mol. The lowest BCUT2D eigenvalue weighted by Gasteiger charge is -2.19. The van der Waals surface area contributed by atoms with Crippen LogP contribution in [0.15, 0.2) is 24.3 Å². The van der Waals surface area contributed by atoms with Crippen LogP contribution in [0.25, 0.3) is 11.1 Å². The zero-order chi connectivity index (χ0) is 23.1. The molecule has 0 unspecified atom stereocenters. The Bertz CT molecular complexity index is 821. The molecule has 0 saturated carbocycles. The summed E-state index contributed by atoms with van der Waals surface area (Å²) in [5, 5.41) is 0. The van der Waals surface area contributed by atoms with E-state index in [9.17, 15) is 0 Å². The summed E-state index contributed by atoms with van der Waals surface area (Å²) in [7, 11) is 0. The third-order valence-corrected chi connectivity index (χ3v) is 6.53. The van der Waals surface area contributed by atoms with Gasteiger partial charge in [0.25, 0.3) is 0 Å². The van der Waals surface area contributed by atoms with Gasteiger partial charge in [0.05, 0.1) is 24.6 Å². The second kappa shape index (κ2) is 14.9. The molecule has 0 bridgehead atoms. The highest BCUT2D eigenvalue weighted by Crippen LogP contribution is 2.34. The Kier molecular flexibility index (Phi) is 11.5. The van der Waals surface area contributed by atoms with Crippen molar-refractivity contribution < 1.29 is 9.47 Å². The fraction of sp³-hybridized carbons (Fsp3) is 0.655. The maximum atomic E-state index is 5.96. The van der Waals surface area contributed by atoms with Gasteiger partial charge in [-0.05, 0) is 37.8 Å². The molecule has 0 spiro atoms. The lowest BCUT2D eigenvalue weighted by Crippen LogP contribution is -2.10. The number of fused-ring (bicyclic) bond motifs is 3. The Morgan fingerprint density at radius 2 is 0.939 bits per heavy atom. The molecule has 0 aromatic carbocycles. The van der Waals surface area contributed by atoms with Crippen LogP contribution in [0, 0.1) is 0 Å². The molecule has 0 amide bonds. The van der Waals surface area contributed by atoms with E-state index in [1.165, 1.54) is 81.8 Å². The number of aromatic nitrogens is 2. The molecule has 1 aliphatic carbocycles. The van der Waals surface area contributed by atoms with Gasteiger partial charge in [-0.15, -0.1) is 0 Å². The molecule has 182 valence electrons. The second-order valence-corrected chi connectivity index (χ2v) is 9.37. The molecular formula is C29H44N2O2. The van der Waals surface area contributed by atoms with E-state index in [0.29, 0.717) is 0 Å². The fourth-order valence-corrected chi connectivity index (χ4v) is 4.53. The van der Waals surface area contributed by atoms with Crippen LogP contribution in [0.4, 0.5) is 0 Å². The second-order valence-electron chi connectivity index (χ2n) is 9.37. The van der Waals surface area contributed by atoms with E-state index in [0.717, 1.165) is 62.0 Å². The van der Waals surface area contributed by atoms with E-state index < -0.39 is 0 Å². The molecule has 0 fully saturated rings. The maximum absolute atomic E-state index is 5.96. The first-order valence-electron chi connectivity index (χ1n) is 13.6. The van der Waals surface area contributed by atoms with E-state index >= 15 is 0 Å². The first-order valence-corrected chi connectivity index (χ1v) is 13.6. The monoisotopic (exact) mass is 452 g/mol. The number of hydrogen-bond acceptors (Lipinski definition) is 4. The molecule has 4 heteroatoms. The molecule has 0 saturated heterocycles. The van der Waals surface area contributed by atoms with Gasteiger partial charge < -0.3 is 9.47 Å². The highest BCUT2D eigenvalue weighted by Gasteiger charge is 2.19. The molecule has 1 aliphatic rings. The standard InChI is InChI=1S/C29H44N2O2/c1-3-5-7-9-10-11-13-15-23-33-29-21-17-25-24-16-20-28(32-22-14-12-8-6-4-2)30-26(24)18-19-27(25)31-29/h16-17,20-21H,3-15,18-19,22-23H2,1-2H3. The number of rotatable bonds is 17. The number of nitrogens with zero attached hydrogens (tertiary/aromatic N) is 2. The van der Waals surface area contributed by atoms with Gasteiger partial charge in [-0.2, -0.15) is 0 Å². The van der Waals surface area contributed by atoms with Crippen molar-refractivity contribution >= 4 is 0 Å². The van der Waals surface area contributed by atoms with Crippen molar-refractivity contribution in [1.82, 2.24) is 9.97 Å². The first-order chi connectivity index (χ1) is 16.3. The summed E-state index contributed by atoms with van der Waals surface area (Å²) < 4.78 is 11.9. The van der Waals surface area contributed by atoms with E-state index in [1.807, 2.05) is 12.1 Å². The van der Waals surface area contributed by atoms with Crippen molar-refractivity contribution in [2.45, 2.75) is 110 Å². The molecule has 2 aromatic rings. The van der Waals surface area contributed by atoms with Gasteiger partial charge >= 0.3 is 0 Å². The molecule has 0 aliphatic heterocycles. The van der Waals surface area contributed by atoms with Gasteiger partial charge in [-0.25, -0.2) is 9.97 Å². The molecule has 2 heterocycles. The zero-order valence-electron chi connectivity index (χ0n) is 21.0. The molecule has 0 atom stereocenters. The quantitative estimate of drug-likeness (QED) is 0.227. The summed E-state index contributed by atoms with van der Waals surface area (Å²) in [5.41, 5.74) is 4.63. The normalized spacial score (nSPS) is 12.3. The highest BCUT2D eigenvalue weighted by atomic mass is 16.5. The van der Waals surface area contributed by atoms with Crippen LogP contribution in [0.2, 0.25) is 0 Å². The fourth-order valence-electron chi connectivity index (χ4n) is 4.53. The third kappa shape index (κ3) is 8.64. The predicted octanol–water partition coefficient (Wildman–Crippen LogP) is 8.11. The van der Waals surface area contributed by atoms with Crippen LogP contribution in [0.5, 0.6) is 11.8 Å². The summed E-state index contributed by atoms with van der Waals surface area (Å²) in [6.07, 6.45) is 18.5. The number of hydrogen-bond donors (Lipinski definition) is 0. The van der Waals surface area contributed by atoms with E-state index in [-0.39, 0.29) is 0 Å². The van der Waals surface area contributed by atoms with E-state index in [2.05, 4.69) is 26.0 Å². The van der Waals surface area contributed by atoms with Gasteiger partial charge in [0.15, 0.2) is 0 Å². The Balaban J connectivity index is 1.42. The van der Waals surface area contributed by atoms with Crippen molar-refractivity contribution in [2.24, 2.45) is 0 Å². The summed E-state index contributed by atoms with van der Waals surface area (Å²) in [6.45, 7) is 6.03. The van der Waals surface area contributed by atoms with Gasteiger partial charge in [0, 0.05) is 23.3 Å². The third-order valence-electron chi connectivity index (χ3n) is 6.53. The lowest BCUT2D eigenvalue weighted by atomic mass is 9.92. The predicted molar refractivity (Wildman–Crippen MR) is 137 cm³/mol. The minimum absolute atomic E-state index is 0.756. The highest BCUT2D eigenvalue weighted by molar-refractivity contribution is 5.71. The average molecular weight is 453 g/mol. The van der Waals surface area contributed by atoms with Gasteiger partial charge in [-0.3, -0.25) is 0 Å². The largest absolute Gasteiger partial charge is 0.478 e. The van der Waals surface area contributed by atoms with Crippen LogP contribution >= 0.6 is 0 Å². The molecule has 2 aromatic heterocycles. The van der Waals surface area contributed by atoms with Crippen LogP contribution in [-0.4, -0.2) is 23.2 Å². The van der Waals surface area contributed by atoms with Crippen molar-refractivity contribution in [3.63, 3.8) is 0 Å². The Morgan fingerprint density at radius 1 is 0.545 bits per heavy atom. The van der Waals surface area contributed by atoms with Crippen molar-refractivity contribution in [3.05, 3.63) is 35.7 Å². The summed E-state index contributed by atoms with van der Waals surface area (Å²) >= 11 is 0. The number of aryl methyl sites for hydroxylation is 2. The maximum Gasteiger partial charge on any atom is 0.213 e. The number of unbranched alkanes of at least 4 members (excludes halogenated alkanes) is 11. The first kappa shape index (κ1) is 25.5. The topological polar surface area (TPSA) is 44.2 Å². The van der Waals surface area contributed by atoms with Gasteiger partial charge in [-0.1, -0.05) is 84.5 Å². The Hall–Kier alpha value is -2.10. The molecule has 3 rings (SSSR count). The summed E-state index contributed by atoms with van der Waals surface area (Å²) in [5.74, 6) is 1.52. The van der Waals surface area contributed by atoms with Gasteiger partial charge in [0.1, 0.15) is 0 Å².